The predicted octanol–water partition coefficient (Wildman–Crippen LogP) is 3.89. The van der Waals surface area contributed by atoms with Crippen LogP contribution in [-0.4, -0.2) is 5.51 Å². The monoisotopic (exact) mass is 194 g/mol. The molecule has 0 aliphatic carbocycles. The van der Waals surface area contributed by atoms with Crippen LogP contribution in [0.2, 0.25) is 0 Å². The minimum atomic E-state index is -4.23. The Labute approximate surface area is 73.8 Å². The summed E-state index contributed by atoms with van der Waals surface area (Å²) >= 11 is -0.166. The first-order valence-corrected chi connectivity index (χ1v) is 4.02. The number of alkyl halides is 3. The summed E-state index contributed by atoms with van der Waals surface area (Å²) in [6.45, 7) is 5.01. The zero-order chi connectivity index (χ0) is 9.61. The van der Waals surface area contributed by atoms with E-state index in [2.05, 4.69) is 6.58 Å². The van der Waals surface area contributed by atoms with Gasteiger partial charge in [-0.15, -0.1) is 0 Å². The van der Waals surface area contributed by atoms with E-state index in [4.69, 9.17) is 0 Å². The molecule has 0 aliphatic rings. The summed E-state index contributed by atoms with van der Waals surface area (Å²) in [6, 6.07) is 0. The molecule has 0 rings (SSSR count). The first kappa shape index (κ1) is 11.4. The van der Waals surface area contributed by atoms with Gasteiger partial charge in [0.2, 0.25) is 0 Å². The molecule has 0 aromatic heterocycles. The summed E-state index contributed by atoms with van der Waals surface area (Å²) < 4.78 is 35.3. The van der Waals surface area contributed by atoms with Crippen LogP contribution in [0.1, 0.15) is 6.92 Å². The van der Waals surface area contributed by atoms with Crippen molar-refractivity contribution in [3.8, 4) is 0 Å². The SMILES string of the molecule is C=C/C(=C\C=C/C)SC(F)(F)F. The number of hydrogen-bond acceptors (Lipinski definition) is 1. The fourth-order valence-electron chi connectivity index (χ4n) is 0.468. The smallest absolute Gasteiger partial charge is 0.160 e. The summed E-state index contributed by atoms with van der Waals surface area (Å²) in [6.07, 6.45) is 5.74. The fourth-order valence-corrected chi connectivity index (χ4v) is 0.966. The van der Waals surface area contributed by atoms with Crippen LogP contribution in [0.15, 0.2) is 35.8 Å². The molecule has 0 aromatic carbocycles. The zero-order valence-corrected chi connectivity index (χ0v) is 7.38. The summed E-state index contributed by atoms with van der Waals surface area (Å²) in [5.74, 6) is 0. The third kappa shape index (κ3) is 6.09. The Morgan fingerprint density at radius 1 is 1.42 bits per heavy atom. The molecule has 68 valence electrons. The molecule has 4 heteroatoms. The van der Waals surface area contributed by atoms with Gasteiger partial charge < -0.3 is 0 Å². The highest BCUT2D eigenvalue weighted by atomic mass is 32.2. The van der Waals surface area contributed by atoms with E-state index in [-0.39, 0.29) is 16.7 Å². The molecule has 0 atom stereocenters. The van der Waals surface area contributed by atoms with Crippen molar-refractivity contribution in [3.05, 3.63) is 35.8 Å². The molecular weight excluding hydrogens is 185 g/mol. The van der Waals surface area contributed by atoms with Gasteiger partial charge in [0.25, 0.3) is 0 Å². The Morgan fingerprint density at radius 2 is 2.00 bits per heavy atom. The van der Waals surface area contributed by atoms with Crippen LogP contribution < -0.4 is 0 Å². The van der Waals surface area contributed by atoms with Gasteiger partial charge in [0, 0.05) is 4.91 Å². The van der Waals surface area contributed by atoms with Crippen LogP contribution in [0.5, 0.6) is 0 Å². The Balaban J connectivity index is 4.28. The van der Waals surface area contributed by atoms with Gasteiger partial charge in [-0.05, 0) is 24.8 Å². The van der Waals surface area contributed by atoms with Gasteiger partial charge in [-0.25, -0.2) is 0 Å². The molecule has 0 saturated carbocycles. The van der Waals surface area contributed by atoms with Gasteiger partial charge in [-0.2, -0.15) is 13.2 Å². The maximum atomic E-state index is 11.8. The van der Waals surface area contributed by atoms with Crippen molar-refractivity contribution in [2.24, 2.45) is 0 Å². The number of allylic oxidation sites excluding steroid dienone is 4. The van der Waals surface area contributed by atoms with Crippen LogP contribution >= 0.6 is 11.8 Å². The highest BCUT2D eigenvalue weighted by Gasteiger charge is 2.29. The van der Waals surface area contributed by atoms with Gasteiger partial charge in [-0.3, -0.25) is 0 Å². The Hall–Kier alpha value is -0.640. The van der Waals surface area contributed by atoms with Gasteiger partial charge in [0.1, 0.15) is 0 Å². The molecule has 0 aromatic rings. The van der Waals surface area contributed by atoms with E-state index in [0.717, 1.165) is 0 Å². The molecule has 0 heterocycles. The number of hydrogen-bond donors (Lipinski definition) is 0. The molecule has 12 heavy (non-hydrogen) atoms. The molecule has 0 amide bonds. The van der Waals surface area contributed by atoms with E-state index in [1.807, 2.05) is 0 Å². The summed E-state index contributed by atoms with van der Waals surface area (Å²) in [7, 11) is 0. The van der Waals surface area contributed by atoms with E-state index in [1.54, 1.807) is 13.0 Å². The largest absolute Gasteiger partial charge is 0.446 e. The quantitative estimate of drug-likeness (QED) is 0.614. The molecule has 0 radical (unpaired) electrons. The van der Waals surface area contributed by atoms with Gasteiger partial charge in [-0.1, -0.05) is 24.8 Å². The minimum absolute atomic E-state index is 0.0978. The van der Waals surface area contributed by atoms with Gasteiger partial charge >= 0.3 is 5.51 Å². The Kier molecular flexibility index (Phi) is 4.81. The van der Waals surface area contributed by atoms with E-state index >= 15 is 0 Å². The summed E-state index contributed by atoms with van der Waals surface area (Å²) in [5.41, 5.74) is -4.23. The zero-order valence-electron chi connectivity index (χ0n) is 6.56. The normalized spacial score (nSPS) is 13.8. The van der Waals surface area contributed by atoms with Crippen molar-refractivity contribution in [1.29, 1.82) is 0 Å². The van der Waals surface area contributed by atoms with E-state index in [9.17, 15) is 13.2 Å². The lowest BCUT2D eigenvalue weighted by Crippen LogP contribution is -1.99. The lowest BCUT2D eigenvalue weighted by Gasteiger charge is -2.04. The number of thioether (sulfide) groups is 1. The third-order valence-corrected chi connectivity index (χ3v) is 1.66. The molecule has 0 unspecified atom stereocenters. The molecule has 0 saturated heterocycles. The molecule has 0 fully saturated rings. The van der Waals surface area contributed by atoms with Crippen LogP contribution in [0.4, 0.5) is 13.2 Å². The second-order valence-corrected chi connectivity index (χ2v) is 2.99. The predicted molar refractivity (Wildman–Crippen MR) is 46.7 cm³/mol. The van der Waals surface area contributed by atoms with Crippen molar-refractivity contribution < 1.29 is 13.2 Å². The highest BCUT2D eigenvalue weighted by molar-refractivity contribution is 8.04. The van der Waals surface area contributed by atoms with Crippen LogP contribution in [0.25, 0.3) is 0 Å². The van der Waals surface area contributed by atoms with Gasteiger partial charge in [0.05, 0.1) is 0 Å². The molecule has 0 nitrogen and oxygen atoms in total. The molecule has 0 aliphatic heterocycles. The Bertz CT molecular complexity index is 201. The highest BCUT2D eigenvalue weighted by Crippen LogP contribution is 2.36. The second-order valence-electron chi connectivity index (χ2n) is 1.85. The Morgan fingerprint density at radius 3 is 2.33 bits per heavy atom. The summed E-state index contributed by atoms with van der Waals surface area (Å²) in [5, 5.41) is 0. The first-order chi connectivity index (χ1) is 5.49. The maximum Gasteiger partial charge on any atom is 0.446 e. The van der Waals surface area contributed by atoms with Crippen molar-refractivity contribution >= 4 is 11.8 Å². The maximum absolute atomic E-state index is 11.8. The minimum Gasteiger partial charge on any atom is -0.160 e. The molecule has 0 bridgehead atoms. The lowest BCUT2D eigenvalue weighted by atomic mass is 10.4. The summed E-state index contributed by atoms with van der Waals surface area (Å²) in [4.78, 5) is 0.0978. The average Bonchev–Trinajstić information content (AvgIpc) is 1.95. The topological polar surface area (TPSA) is 0 Å². The van der Waals surface area contributed by atoms with E-state index in [1.165, 1.54) is 18.2 Å². The van der Waals surface area contributed by atoms with Crippen LogP contribution in [0, 0.1) is 0 Å². The van der Waals surface area contributed by atoms with Crippen LogP contribution in [-0.2, 0) is 0 Å². The molecule has 0 N–H and O–H groups in total. The van der Waals surface area contributed by atoms with Crippen molar-refractivity contribution in [3.63, 3.8) is 0 Å². The molecular formula is C8H9F3S. The van der Waals surface area contributed by atoms with E-state index < -0.39 is 5.51 Å². The fraction of sp³-hybridized carbons (Fsp3) is 0.250. The van der Waals surface area contributed by atoms with Crippen LogP contribution in [0.3, 0.4) is 0 Å². The van der Waals surface area contributed by atoms with Gasteiger partial charge in [0.15, 0.2) is 0 Å². The average molecular weight is 194 g/mol. The molecule has 0 spiro atoms. The number of rotatable bonds is 3. The third-order valence-electron chi connectivity index (χ3n) is 0.888. The van der Waals surface area contributed by atoms with E-state index in [0.29, 0.717) is 0 Å². The standard InChI is InChI=1S/C8H9F3S/c1-3-5-6-7(4-2)12-8(9,10)11/h3-6H,2H2,1H3/b5-3-,7-6+. The lowest BCUT2D eigenvalue weighted by molar-refractivity contribution is -0.0321. The van der Waals surface area contributed by atoms with Crippen molar-refractivity contribution in [2.45, 2.75) is 12.4 Å². The number of halogens is 3. The van der Waals surface area contributed by atoms with Crippen molar-refractivity contribution in [2.75, 3.05) is 0 Å². The second kappa shape index (κ2) is 5.09. The van der Waals surface area contributed by atoms with Crippen molar-refractivity contribution in [1.82, 2.24) is 0 Å². The first-order valence-electron chi connectivity index (χ1n) is 3.20.